The third-order valence-electron chi connectivity index (χ3n) is 3.80. The van der Waals surface area contributed by atoms with Gasteiger partial charge in [-0.05, 0) is 49.3 Å². The van der Waals surface area contributed by atoms with Gasteiger partial charge in [0.05, 0.1) is 0 Å². The monoisotopic (exact) mass is 263 g/mol. The molecule has 1 N–H and O–H groups in total. The molecule has 2 rings (SSSR count). The van der Waals surface area contributed by atoms with Crippen LogP contribution < -0.4 is 5.32 Å². The first-order valence-electron chi connectivity index (χ1n) is 6.96. The zero-order valence-electron chi connectivity index (χ0n) is 11.9. The number of halogens is 1. The molecule has 0 saturated carbocycles. The molecule has 1 heterocycles. The number of aryl methyl sites for hydroxylation is 1. The van der Waals surface area contributed by atoms with Crippen molar-refractivity contribution in [3.8, 4) is 0 Å². The van der Waals surface area contributed by atoms with E-state index in [1.165, 1.54) is 6.07 Å². The lowest BCUT2D eigenvalue weighted by Gasteiger charge is -2.31. The first kappa shape index (κ1) is 14.0. The number of rotatable bonds is 4. The van der Waals surface area contributed by atoms with Crippen LogP contribution in [-0.4, -0.2) is 11.4 Å². The summed E-state index contributed by atoms with van der Waals surface area (Å²) in [5, 5.41) is 3.15. The van der Waals surface area contributed by atoms with Crippen LogP contribution in [0.15, 0.2) is 18.2 Å². The molecule has 1 aliphatic rings. The maximum atomic E-state index is 13.3. The lowest BCUT2D eigenvalue weighted by atomic mass is 9.82. The molecular formula is C16H22FNO. The minimum absolute atomic E-state index is 0.138. The van der Waals surface area contributed by atoms with Gasteiger partial charge >= 0.3 is 0 Å². The maximum Gasteiger partial charge on any atom is 0.220 e. The Morgan fingerprint density at radius 2 is 2.16 bits per heavy atom. The van der Waals surface area contributed by atoms with Crippen LogP contribution in [0.5, 0.6) is 0 Å². The Bertz CT molecular complexity index is 484. The van der Waals surface area contributed by atoms with Gasteiger partial charge < -0.3 is 5.32 Å². The van der Waals surface area contributed by atoms with E-state index < -0.39 is 0 Å². The second-order valence-corrected chi connectivity index (χ2v) is 6.19. The van der Waals surface area contributed by atoms with Crippen LogP contribution in [0.2, 0.25) is 0 Å². The lowest BCUT2D eigenvalue weighted by molar-refractivity contribution is -0.119. The molecule has 1 atom stereocenters. The van der Waals surface area contributed by atoms with Crippen LogP contribution in [0.3, 0.4) is 0 Å². The minimum atomic E-state index is -0.169. The van der Waals surface area contributed by atoms with Gasteiger partial charge in [-0.3, -0.25) is 4.79 Å². The molecule has 19 heavy (non-hydrogen) atoms. The topological polar surface area (TPSA) is 29.1 Å². The first-order valence-corrected chi connectivity index (χ1v) is 6.96. The van der Waals surface area contributed by atoms with Gasteiger partial charge in [-0.2, -0.15) is 0 Å². The van der Waals surface area contributed by atoms with E-state index in [1.807, 2.05) is 12.1 Å². The summed E-state index contributed by atoms with van der Waals surface area (Å²) in [5.74, 6) is 0.497. The highest BCUT2D eigenvalue weighted by Gasteiger charge is 2.38. The van der Waals surface area contributed by atoms with Gasteiger partial charge in [-0.1, -0.05) is 26.0 Å². The number of carbonyl (C=O) groups excluding carboxylic acids is 1. The molecule has 0 spiro atoms. The van der Waals surface area contributed by atoms with E-state index in [1.54, 1.807) is 6.92 Å². The van der Waals surface area contributed by atoms with Crippen molar-refractivity contribution in [2.24, 2.45) is 5.92 Å². The van der Waals surface area contributed by atoms with E-state index in [-0.39, 0.29) is 17.3 Å². The molecule has 2 nitrogen and oxygen atoms in total. The lowest BCUT2D eigenvalue weighted by Crippen LogP contribution is -2.44. The van der Waals surface area contributed by atoms with Crippen molar-refractivity contribution >= 4 is 5.91 Å². The number of nitrogens with one attached hydrogen (secondary N) is 1. The van der Waals surface area contributed by atoms with Crippen molar-refractivity contribution in [1.29, 1.82) is 0 Å². The van der Waals surface area contributed by atoms with Crippen molar-refractivity contribution in [3.05, 3.63) is 35.1 Å². The number of amides is 1. The predicted molar refractivity (Wildman–Crippen MR) is 74.4 cm³/mol. The molecule has 1 amide bonds. The van der Waals surface area contributed by atoms with E-state index in [9.17, 15) is 9.18 Å². The summed E-state index contributed by atoms with van der Waals surface area (Å²) < 4.78 is 13.3. The quantitative estimate of drug-likeness (QED) is 0.886. The second kappa shape index (κ2) is 5.32. The van der Waals surface area contributed by atoms with Crippen molar-refractivity contribution < 1.29 is 9.18 Å². The zero-order chi connectivity index (χ0) is 14.0. The summed E-state index contributed by atoms with van der Waals surface area (Å²) in [4.78, 5) is 11.6. The molecule has 0 aromatic heterocycles. The van der Waals surface area contributed by atoms with E-state index in [2.05, 4.69) is 19.2 Å². The average Bonchev–Trinajstić information content (AvgIpc) is 2.64. The normalized spacial score (nSPS) is 22.9. The van der Waals surface area contributed by atoms with Crippen LogP contribution in [-0.2, 0) is 11.2 Å². The van der Waals surface area contributed by atoms with Crippen LogP contribution in [0.25, 0.3) is 0 Å². The van der Waals surface area contributed by atoms with Crippen molar-refractivity contribution in [3.63, 3.8) is 0 Å². The van der Waals surface area contributed by atoms with Crippen molar-refractivity contribution in [2.75, 3.05) is 0 Å². The number of hydrogen-bond acceptors (Lipinski definition) is 1. The summed E-state index contributed by atoms with van der Waals surface area (Å²) in [6.45, 7) is 6.12. The van der Waals surface area contributed by atoms with Crippen molar-refractivity contribution in [2.45, 2.75) is 52.0 Å². The molecule has 104 valence electrons. The summed E-state index contributed by atoms with van der Waals surface area (Å²) in [7, 11) is 0. The maximum absolute atomic E-state index is 13.3. The van der Waals surface area contributed by atoms with E-state index in [0.717, 1.165) is 24.8 Å². The highest BCUT2D eigenvalue weighted by atomic mass is 19.1. The molecular weight excluding hydrogens is 241 g/mol. The van der Waals surface area contributed by atoms with Gasteiger partial charge in [0.25, 0.3) is 0 Å². The SMILES string of the molecule is Cc1cc(CC2(CC(C)C)CCC(=O)N2)ccc1F. The fourth-order valence-corrected chi connectivity index (χ4v) is 3.12. The Balaban J connectivity index is 2.20. The largest absolute Gasteiger partial charge is 0.350 e. The summed E-state index contributed by atoms with van der Waals surface area (Å²) in [6, 6.07) is 5.24. The Morgan fingerprint density at radius 1 is 1.42 bits per heavy atom. The van der Waals surface area contributed by atoms with Crippen LogP contribution in [0.1, 0.15) is 44.2 Å². The average molecular weight is 263 g/mol. The van der Waals surface area contributed by atoms with Gasteiger partial charge in [0.15, 0.2) is 0 Å². The predicted octanol–water partition coefficient (Wildman–Crippen LogP) is 3.37. The highest BCUT2D eigenvalue weighted by Crippen LogP contribution is 2.31. The van der Waals surface area contributed by atoms with Gasteiger partial charge in [0.2, 0.25) is 5.91 Å². The summed E-state index contributed by atoms with van der Waals surface area (Å²) >= 11 is 0. The Morgan fingerprint density at radius 3 is 2.68 bits per heavy atom. The molecule has 1 unspecified atom stereocenters. The van der Waals surface area contributed by atoms with Crippen LogP contribution >= 0.6 is 0 Å². The second-order valence-electron chi connectivity index (χ2n) is 6.19. The van der Waals surface area contributed by atoms with Gasteiger partial charge in [-0.15, -0.1) is 0 Å². The van der Waals surface area contributed by atoms with Crippen LogP contribution in [0, 0.1) is 18.7 Å². The van der Waals surface area contributed by atoms with E-state index in [0.29, 0.717) is 17.9 Å². The standard InChI is InChI=1S/C16H22FNO/c1-11(2)9-16(7-6-15(19)18-16)10-13-4-5-14(17)12(3)8-13/h4-5,8,11H,6-7,9-10H2,1-3H3,(H,18,19). The Labute approximate surface area is 114 Å². The first-order chi connectivity index (χ1) is 8.90. The molecule has 0 aliphatic carbocycles. The smallest absolute Gasteiger partial charge is 0.220 e. The summed E-state index contributed by atoms with van der Waals surface area (Å²) in [5.41, 5.74) is 1.62. The van der Waals surface area contributed by atoms with Gasteiger partial charge in [-0.25, -0.2) is 4.39 Å². The molecule has 1 fully saturated rings. The minimum Gasteiger partial charge on any atom is -0.350 e. The molecule has 0 bridgehead atoms. The highest BCUT2D eigenvalue weighted by molar-refractivity contribution is 5.79. The molecule has 3 heteroatoms. The van der Waals surface area contributed by atoms with Crippen LogP contribution in [0.4, 0.5) is 4.39 Å². The molecule has 1 saturated heterocycles. The fraction of sp³-hybridized carbons (Fsp3) is 0.562. The third-order valence-corrected chi connectivity index (χ3v) is 3.80. The number of carbonyl (C=O) groups is 1. The number of benzene rings is 1. The molecule has 1 aliphatic heterocycles. The Hall–Kier alpha value is -1.38. The molecule has 1 aromatic rings. The van der Waals surface area contributed by atoms with E-state index >= 15 is 0 Å². The molecule has 1 aromatic carbocycles. The van der Waals surface area contributed by atoms with Gasteiger partial charge in [0.1, 0.15) is 5.82 Å². The Kier molecular flexibility index (Phi) is 3.93. The van der Waals surface area contributed by atoms with Crippen molar-refractivity contribution in [1.82, 2.24) is 5.32 Å². The fourth-order valence-electron chi connectivity index (χ4n) is 3.12. The van der Waals surface area contributed by atoms with E-state index in [4.69, 9.17) is 0 Å². The number of hydrogen-bond donors (Lipinski definition) is 1. The third kappa shape index (κ3) is 3.34. The van der Waals surface area contributed by atoms with Gasteiger partial charge in [0, 0.05) is 12.0 Å². The molecule has 0 radical (unpaired) electrons. The zero-order valence-corrected chi connectivity index (χ0v) is 11.9. The summed E-state index contributed by atoms with van der Waals surface area (Å²) in [6.07, 6.45) is 3.24.